The predicted molar refractivity (Wildman–Crippen MR) is 125 cm³/mol. The van der Waals surface area contributed by atoms with E-state index in [-0.39, 0.29) is 5.41 Å². The quantitative estimate of drug-likeness (QED) is 0.229. The summed E-state index contributed by atoms with van der Waals surface area (Å²) in [5, 5.41) is 0. The zero-order valence-electron chi connectivity index (χ0n) is 20.4. The van der Waals surface area contributed by atoms with Gasteiger partial charge in [-0.15, -0.1) is 0 Å². The lowest BCUT2D eigenvalue weighted by Crippen LogP contribution is -2.40. The Bertz CT molecular complexity index is 362. The number of allylic oxidation sites excluding steroid dienone is 1. The van der Waals surface area contributed by atoms with Crippen molar-refractivity contribution in [2.24, 2.45) is 17.3 Å². The van der Waals surface area contributed by atoms with Crippen LogP contribution in [0.5, 0.6) is 0 Å². The van der Waals surface area contributed by atoms with Gasteiger partial charge in [-0.25, -0.2) is 0 Å². The zero-order valence-corrected chi connectivity index (χ0v) is 20.4. The Balaban J connectivity index is 5.26. The third kappa shape index (κ3) is 11.3. The highest BCUT2D eigenvalue weighted by atomic mass is 15.1. The SMILES string of the molecule is C=C(CCC(C)C)C(C)(C)CC(CC(CCC)CCC)N(CC)CCCC. The van der Waals surface area contributed by atoms with Gasteiger partial charge in [0.2, 0.25) is 0 Å². The molecule has 0 radical (unpaired) electrons. The van der Waals surface area contributed by atoms with Gasteiger partial charge in [0.15, 0.2) is 0 Å². The molecule has 0 aliphatic heterocycles. The van der Waals surface area contributed by atoms with Gasteiger partial charge in [0.1, 0.15) is 0 Å². The van der Waals surface area contributed by atoms with Gasteiger partial charge < -0.3 is 4.90 Å². The average molecular weight is 380 g/mol. The molecule has 0 aliphatic carbocycles. The lowest BCUT2D eigenvalue weighted by atomic mass is 9.74. The van der Waals surface area contributed by atoms with E-state index in [9.17, 15) is 0 Å². The van der Waals surface area contributed by atoms with Crippen molar-refractivity contribution in [2.45, 2.75) is 126 Å². The van der Waals surface area contributed by atoms with Crippen LogP contribution in [0.4, 0.5) is 0 Å². The van der Waals surface area contributed by atoms with Crippen molar-refractivity contribution in [1.82, 2.24) is 4.90 Å². The molecule has 0 aromatic heterocycles. The van der Waals surface area contributed by atoms with Gasteiger partial charge in [0.05, 0.1) is 0 Å². The van der Waals surface area contributed by atoms with Gasteiger partial charge in [-0.2, -0.15) is 0 Å². The van der Waals surface area contributed by atoms with Crippen LogP contribution in [0.15, 0.2) is 12.2 Å². The summed E-state index contributed by atoms with van der Waals surface area (Å²) in [6, 6.07) is 0.704. The Labute approximate surface area is 173 Å². The predicted octanol–water partition coefficient (Wildman–Crippen LogP) is 8.49. The van der Waals surface area contributed by atoms with Crippen molar-refractivity contribution in [3.63, 3.8) is 0 Å². The molecule has 0 saturated carbocycles. The van der Waals surface area contributed by atoms with Gasteiger partial charge in [0, 0.05) is 6.04 Å². The molecular formula is C26H53N. The number of nitrogens with zero attached hydrogens (tertiary/aromatic N) is 1. The molecule has 27 heavy (non-hydrogen) atoms. The van der Waals surface area contributed by atoms with Crippen molar-refractivity contribution in [3.8, 4) is 0 Å². The highest BCUT2D eigenvalue weighted by molar-refractivity contribution is 5.08. The molecule has 0 heterocycles. The maximum atomic E-state index is 4.53. The normalized spacial score (nSPS) is 13.7. The molecule has 0 aromatic carbocycles. The first kappa shape index (κ1) is 26.7. The van der Waals surface area contributed by atoms with E-state index in [4.69, 9.17) is 0 Å². The number of rotatable bonds is 17. The molecule has 0 fully saturated rings. The van der Waals surface area contributed by atoms with E-state index in [1.165, 1.54) is 82.9 Å². The molecular weight excluding hydrogens is 326 g/mol. The molecule has 1 nitrogen and oxygen atoms in total. The van der Waals surface area contributed by atoms with E-state index in [1.54, 1.807) is 0 Å². The molecule has 0 saturated heterocycles. The Morgan fingerprint density at radius 3 is 1.96 bits per heavy atom. The topological polar surface area (TPSA) is 3.24 Å². The summed E-state index contributed by atoms with van der Waals surface area (Å²) in [6.45, 7) is 25.9. The molecule has 0 aromatic rings. The average Bonchev–Trinajstić information content (AvgIpc) is 2.60. The van der Waals surface area contributed by atoms with Gasteiger partial charge in [-0.05, 0) is 62.4 Å². The van der Waals surface area contributed by atoms with Crippen molar-refractivity contribution < 1.29 is 0 Å². The Morgan fingerprint density at radius 2 is 1.52 bits per heavy atom. The molecule has 1 heteroatoms. The highest BCUT2D eigenvalue weighted by Gasteiger charge is 2.30. The lowest BCUT2D eigenvalue weighted by molar-refractivity contribution is 0.128. The van der Waals surface area contributed by atoms with Crippen LogP contribution in [0.1, 0.15) is 120 Å². The molecule has 0 bridgehead atoms. The maximum absolute atomic E-state index is 4.53. The fourth-order valence-electron chi connectivity index (χ4n) is 4.44. The van der Waals surface area contributed by atoms with Crippen LogP contribution in [0.3, 0.4) is 0 Å². The number of unbranched alkanes of at least 4 members (excludes halogenated alkanes) is 1. The highest BCUT2D eigenvalue weighted by Crippen LogP contribution is 2.37. The monoisotopic (exact) mass is 379 g/mol. The summed E-state index contributed by atoms with van der Waals surface area (Å²) in [6.07, 6.45) is 13.2. The number of hydrogen-bond acceptors (Lipinski definition) is 1. The fourth-order valence-corrected chi connectivity index (χ4v) is 4.44. The number of hydrogen-bond donors (Lipinski definition) is 0. The fraction of sp³-hybridized carbons (Fsp3) is 0.923. The summed E-state index contributed by atoms with van der Waals surface area (Å²) >= 11 is 0. The Morgan fingerprint density at radius 1 is 0.926 bits per heavy atom. The minimum Gasteiger partial charge on any atom is -0.301 e. The van der Waals surface area contributed by atoms with Crippen LogP contribution in [0, 0.1) is 17.3 Å². The minimum atomic E-state index is 0.238. The van der Waals surface area contributed by atoms with Crippen LogP contribution < -0.4 is 0 Å². The van der Waals surface area contributed by atoms with E-state index in [1.807, 2.05) is 0 Å². The summed E-state index contributed by atoms with van der Waals surface area (Å²) in [4.78, 5) is 2.79. The van der Waals surface area contributed by atoms with E-state index in [0.29, 0.717) is 6.04 Å². The van der Waals surface area contributed by atoms with Crippen LogP contribution in [-0.4, -0.2) is 24.0 Å². The summed E-state index contributed by atoms with van der Waals surface area (Å²) in [5.74, 6) is 1.66. The lowest BCUT2D eigenvalue weighted by Gasteiger charge is -2.39. The smallest absolute Gasteiger partial charge is 0.0106 e. The first-order valence-electron chi connectivity index (χ1n) is 12.1. The molecule has 0 amide bonds. The molecule has 0 N–H and O–H groups in total. The van der Waals surface area contributed by atoms with Crippen molar-refractivity contribution in [1.29, 1.82) is 0 Å². The van der Waals surface area contributed by atoms with Gasteiger partial charge >= 0.3 is 0 Å². The Hall–Kier alpha value is -0.300. The van der Waals surface area contributed by atoms with Crippen LogP contribution >= 0.6 is 0 Å². The Kier molecular flexibility index (Phi) is 14.5. The first-order chi connectivity index (χ1) is 12.7. The van der Waals surface area contributed by atoms with Gasteiger partial charge in [-0.3, -0.25) is 0 Å². The second kappa shape index (κ2) is 14.7. The van der Waals surface area contributed by atoms with E-state index in [2.05, 4.69) is 66.9 Å². The van der Waals surface area contributed by atoms with Gasteiger partial charge in [0.25, 0.3) is 0 Å². The minimum absolute atomic E-state index is 0.238. The van der Waals surface area contributed by atoms with Crippen molar-refractivity contribution in [2.75, 3.05) is 13.1 Å². The molecule has 1 atom stereocenters. The van der Waals surface area contributed by atoms with E-state index in [0.717, 1.165) is 11.8 Å². The van der Waals surface area contributed by atoms with Crippen LogP contribution in [0.2, 0.25) is 0 Å². The van der Waals surface area contributed by atoms with E-state index < -0.39 is 0 Å². The third-order valence-electron chi connectivity index (χ3n) is 6.45. The van der Waals surface area contributed by atoms with Crippen LogP contribution in [0.25, 0.3) is 0 Å². The molecule has 162 valence electrons. The summed E-state index contributed by atoms with van der Waals surface area (Å²) in [7, 11) is 0. The molecule has 0 aliphatic rings. The zero-order chi connectivity index (χ0) is 20.9. The maximum Gasteiger partial charge on any atom is 0.0106 e. The third-order valence-corrected chi connectivity index (χ3v) is 6.45. The largest absolute Gasteiger partial charge is 0.301 e. The standard InChI is InChI=1S/C26H53N/c1-10-14-19-27(13-4)25(20-24(15-11-2)16-12-3)21-26(8,9)23(7)18-17-22(5)6/h22,24-25H,7,10-21H2,1-6,8-9H3. The van der Waals surface area contributed by atoms with Crippen LogP contribution in [-0.2, 0) is 0 Å². The first-order valence-corrected chi connectivity index (χ1v) is 12.1. The summed E-state index contributed by atoms with van der Waals surface area (Å²) < 4.78 is 0. The second-order valence-electron chi connectivity index (χ2n) is 9.94. The van der Waals surface area contributed by atoms with Crippen molar-refractivity contribution >= 4 is 0 Å². The van der Waals surface area contributed by atoms with Crippen molar-refractivity contribution in [3.05, 3.63) is 12.2 Å². The van der Waals surface area contributed by atoms with Gasteiger partial charge in [-0.1, -0.05) is 99.6 Å². The second-order valence-corrected chi connectivity index (χ2v) is 9.94. The molecule has 1 unspecified atom stereocenters. The molecule has 0 rings (SSSR count). The summed E-state index contributed by atoms with van der Waals surface area (Å²) in [5.41, 5.74) is 1.71. The molecule has 0 spiro atoms. The van der Waals surface area contributed by atoms with E-state index >= 15 is 0 Å².